The van der Waals surface area contributed by atoms with Gasteiger partial charge in [-0.1, -0.05) is 39.0 Å². The fourth-order valence-electron chi connectivity index (χ4n) is 2.37. The molecule has 112 valence electrons. The summed E-state index contributed by atoms with van der Waals surface area (Å²) >= 11 is 0. The Morgan fingerprint density at radius 3 is 2.42 bits per heavy atom. The molecule has 0 saturated carbocycles. The van der Waals surface area contributed by atoms with Crippen molar-refractivity contribution in [2.45, 2.75) is 45.4 Å². The van der Waals surface area contributed by atoms with Gasteiger partial charge in [0, 0.05) is 0 Å². The summed E-state index contributed by atoms with van der Waals surface area (Å²) in [6.07, 6.45) is 7.33. The van der Waals surface area contributed by atoms with E-state index in [9.17, 15) is 4.79 Å². The number of hydrogen-bond donors (Lipinski definition) is 0. The predicted octanol–water partition coefficient (Wildman–Crippen LogP) is 2.37. The van der Waals surface area contributed by atoms with E-state index in [0.717, 1.165) is 37.2 Å². The maximum atomic E-state index is 11.8. The van der Waals surface area contributed by atoms with Crippen LogP contribution in [0.2, 0.25) is 0 Å². The average molecular weight is 272 g/mol. The number of likely N-dealkylation sites (N-methyl/N-ethyl adjacent to an activating group) is 1. The minimum atomic E-state index is -0.0574. The van der Waals surface area contributed by atoms with Crippen molar-refractivity contribution in [2.75, 3.05) is 46.5 Å². The number of carbonyl (C=O) groups is 1. The van der Waals surface area contributed by atoms with Crippen LogP contribution in [0.25, 0.3) is 0 Å². The third-order valence-corrected chi connectivity index (χ3v) is 3.82. The van der Waals surface area contributed by atoms with Gasteiger partial charge in [-0.05, 0) is 6.42 Å². The number of unbranched alkanes of at least 4 members (excludes halogenated alkanes) is 5. The number of carbonyl (C=O) groups excluding carboxylic acids is 1. The Morgan fingerprint density at radius 2 is 1.74 bits per heavy atom. The molecule has 0 atom stereocenters. The highest BCUT2D eigenvalue weighted by atomic mass is 16.5. The van der Waals surface area contributed by atoms with Crippen molar-refractivity contribution in [3.8, 4) is 0 Å². The normalized spacial score (nSPS) is 18.2. The van der Waals surface area contributed by atoms with Gasteiger partial charge < -0.3 is 14.0 Å². The molecule has 19 heavy (non-hydrogen) atoms. The number of nitrogens with zero attached hydrogens (tertiary/aromatic N) is 1. The van der Waals surface area contributed by atoms with Gasteiger partial charge in [0.05, 0.1) is 26.9 Å². The second-order valence-electron chi connectivity index (χ2n) is 5.83. The van der Waals surface area contributed by atoms with E-state index in [1.54, 1.807) is 0 Å². The quantitative estimate of drug-likeness (QED) is 0.367. The molecule has 0 aromatic rings. The molecule has 1 aliphatic heterocycles. The Bertz CT molecular complexity index is 250. The van der Waals surface area contributed by atoms with Crippen LogP contribution in [0.3, 0.4) is 0 Å². The van der Waals surface area contributed by atoms with E-state index < -0.39 is 0 Å². The lowest BCUT2D eigenvalue weighted by molar-refractivity contribution is -0.910. The van der Waals surface area contributed by atoms with Crippen molar-refractivity contribution < 1.29 is 18.8 Å². The number of hydrogen-bond acceptors (Lipinski definition) is 3. The zero-order chi connectivity index (χ0) is 14.0. The number of morpholine rings is 1. The molecule has 1 aliphatic rings. The molecule has 1 saturated heterocycles. The molecule has 1 fully saturated rings. The van der Waals surface area contributed by atoms with Gasteiger partial charge in [-0.3, -0.25) is 0 Å². The van der Waals surface area contributed by atoms with Crippen molar-refractivity contribution in [1.82, 2.24) is 0 Å². The van der Waals surface area contributed by atoms with E-state index in [4.69, 9.17) is 9.47 Å². The van der Waals surface area contributed by atoms with E-state index in [2.05, 4.69) is 14.0 Å². The summed E-state index contributed by atoms with van der Waals surface area (Å²) in [6, 6.07) is 0. The second-order valence-corrected chi connectivity index (χ2v) is 5.83. The summed E-state index contributed by atoms with van der Waals surface area (Å²) in [5.74, 6) is -0.0574. The van der Waals surface area contributed by atoms with E-state index in [0.29, 0.717) is 13.2 Å². The maximum Gasteiger partial charge on any atom is 0.361 e. The molecule has 1 heterocycles. The van der Waals surface area contributed by atoms with Gasteiger partial charge in [0.25, 0.3) is 0 Å². The largest absolute Gasteiger partial charge is 0.462 e. The summed E-state index contributed by atoms with van der Waals surface area (Å²) in [6.45, 7) is 6.61. The summed E-state index contributed by atoms with van der Waals surface area (Å²) in [5.41, 5.74) is 0. The average Bonchev–Trinajstić information content (AvgIpc) is 2.38. The Morgan fingerprint density at radius 1 is 1.11 bits per heavy atom. The van der Waals surface area contributed by atoms with Gasteiger partial charge >= 0.3 is 5.97 Å². The minimum Gasteiger partial charge on any atom is -0.462 e. The summed E-state index contributed by atoms with van der Waals surface area (Å²) in [4.78, 5) is 11.8. The zero-order valence-corrected chi connectivity index (χ0v) is 12.7. The van der Waals surface area contributed by atoms with Gasteiger partial charge in [0.15, 0.2) is 6.54 Å². The molecule has 0 aromatic heterocycles. The van der Waals surface area contributed by atoms with Crippen LogP contribution in [0, 0.1) is 0 Å². The molecule has 0 spiro atoms. The van der Waals surface area contributed by atoms with Crippen molar-refractivity contribution >= 4 is 5.97 Å². The molecule has 0 radical (unpaired) electrons. The first-order chi connectivity index (χ1) is 9.16. The predicted molar refractivity (Wildman–Crippen MR) is 75.9 cm³/mol. The van der Waals surface area contributed by atoms with Crippen LogP contribution in [0.5, 0.6) is 0 Å². The fraction of sp³-hybridized carbons (Fsp3) is 0.933. The first-order valence-electron chi connectivity index (χ1n) is 7.73. The van der Waals surface area contributed by atoms with E-state index in [-0.39, 0.29) is 5.97 Å². The second kappa shape index (κ2) is 9.32. The van der Waals surface area contributed by atoms with Gasteiger partial charge in [0.2, 0.25) is 0 Å². The van der Waals surface area contributed by atoms with E-state index >= 15 is 0 Å². The molecule has 0 aromatic carbocycles. The third kappa shape index (κ3) is 7.53. The van der Waals surface area contributed by atoms with Gasteiger partial charge in [-0.15, -0.1) is 0 Å². The fourth-order valence-corrected chi connectivity index (χ4v) is 2.37. The third-order valence-electron chi connectivity index (χ3n) is 3.82. The lowest BCUT2D eigenvalue weighted by Crippen LogP contribution is -2.54. The maximum absolute atomic E-state index is 11.8. The van der Waals surface area contributed by atoms with Crippen LogP contribution >= 0.6 is 0 Å². The highest BCUT2D eigenvalue weighted by Crippen LogP contribution is 2.08. The number of quaternary nitrogens is 1. The van der Waals surface area contributed by atoms with E-state index in [1.165, 1.54) is 32.1 Å². The summed E-state index contributed by atoms with van der Waals surface area (Å²) in [7, 11) is 2.11. The molecule has 0 N–H and O–H groups in total. The van der Waals surface area contributed by atoms with Crippen molar-refractivity contribution in [1.29, 1.82) is 0 Å². The highest BCUT2D eigenvalue weighted by Gasteiger charge is 2.28. The van der Waals surface area contributed by atoms with Crippen molar-refractivity contribution in [2.24, 2.45) is 0 Å². The lowest BCUT2D eigenvalue weighted by atomic mass is 10.1. The topological polar surface area (TPSA) is 35.5 Å². The van der Waals surface area contributed by atoms with Crippen LogP contribution in [0.15, 0.2) is 0 Å². The molecular weight excluding hydrogens is 242 g/mol. The summed E-state index contributed by atoms with van der Waals surface area (Å²) in [5, 5.41) is 0. The molecule has 1 rings (SSSR count). The SMILES string of the molecule is CCCCCCCCOC(=O)C[N+]1(C)CCOCC1. The van der Waals surface area contributed by atoms with Gasteiger partial charge in [-0.25, -0.2) is 4.79 Å². The molecule has 0 amide bonds. The van der Waals surface area contributed by atoms with Crippen LogP contribution in [-0.4, -0.2) is 57.0 Å². The summed E-state index contributed by atoms with van der Waals surface area (Å²) < 4.78 is 11.4. The van der Waals surface area contributed by atoms with Crippen LogP contribution < -0.4 is 0 Å². The molecular formula is C15H30NO3+. The van der Waals surface area contributed by atoms with Crippen LogP contribution in [-0.2, 0) is 14.3 Å². The first kappa shape index (κ1) is 16.4. The zero-order valence-electron chi connectivity index (χ0n) is 12.7. The highest BCUT2D eigenvalue weighted by molar-refractivity contribution is 5.70. The van der Waals surface area contributed by atoms with Crippen molar-refractivity contribution in [3.05, 3.63) is 0 Å². The van der Waals surface area contributed by atoms with Gasteiger partial charge in [-0.2, -0.15) is 0 Å². The molecule has 0 unspecified atom stereocenters. The standard InChI is InChI=1S/C15H30NO3/c1-3-4-5-6-7-8-11-19-15(17)14-16(2)9-12-18-13-10-16/h3-14H2,1-2H3/q+1. The molecule has 4 heteroatoms. The Kier molecular flexibility index (Phi) is 8.07. The molecule has 4 nitrogen and oxygen atoms in total. The van der Waals surface area contributed by atoms with Crippen molar-refractivity contribution in [3.63, 3.8) is 0 Å². The number of rotatable bonds is 9. The number of esters is 1. The minimum absolute atomic E-state index is 0.0574. The van der Waals surface area contributed by atoms with Gasteiger partial charge in [0.1, 0.15) is 13.1 Å². The molecule has 0 aliphatic carbocycles. The first-order valence-corrected chi connectivity index (χ1v) is 7.73. The van der Waals surface area contributed by atoms with Crippen LogP contribution in [0.4, 0.5) is 0 Å². The smallest absolute Gasteiger partial charge is 0.361 e. The molecule has 0 bridgehead atoms. The Hall–Kier alpha value is -0.610. The lowest BCUT2D eigenvalue weighted by Gasteiger charge is -2.36. The monoisotopic (exact) mass is 272 g/mol. The Balaban J connectivity index is 2.01. The number of ether oxygens (including phenoxy) is 2. The Labute approximate surface area is 117 Å². The van der Waals surface area contributed by atoms with Crippen LogP contribution in [0.1, 0.15) is 45.4 Å². The van der Waals surface area contributed by atoms with E-state index in [1.807, 2.05) is 0 Å².